The van der Waals surface area contributed by atoms with Gasteiger partial charge in [0.15, 0.2) is 0 Å². The minimum Gasteiger partial charge on any atom is -0.393 e. The van der Waals surface area contributed by atoms with Crippen LogP contribution in [0, 0.1) is 19.8 Å². The molecule has 0 atom stereocenters. The smallest absolute Gasteiger partial charge is 0.0540 e. The van der Waals surface area contributed by atoms with Crippen LogP contribution in [0.25, 0.3) is 0 Å². The first-order valence-electron chi connectivity index (χ1n) is 6.39. The fourth-order valence-corrected chi connectivity index (χ4v) is 2.73. The normalized spacial score (nSPS) is 25.7. The minimum absolute atomic E-state index is 0.0321. The van der Waals surface area contributed by atoms with Gasteiger partial charge in [0, 0.05) is 0 Å². The van der Waals surface area contributed by atoms with E-state index >= 15 is 0 Å². The molecule has 0 amide bonds. The van der Waals surface area contributed by atoms with Gasteiger partial charge in [-0.2, -0.15) is 0 Å². The van der Waals surface area contributed by atoms with Gasteiger partial charge in [0.05, 0.1) is 6.10 Å². The van der Waals surface area contributed by atoms with Gasteiger partial charge in [0.1, 0.15) is 0 Å². The standard InChI is InChI=1S/C15H22O/c1-11-3-6-14(12(2)9-11)10-13-4-7-15(16)8-5-13/h3,6,9,13,15-16H,4-5,7-8,10H2,1-2H3. The van der Waals surface area contributed by atoms with Gasteiger partial charge in [0.25, 0.3) is 0 Å². The van der Waals surface area contributed by atoms with Crippen molar-refractivity contribution in [3.8, 4) is 0 Å². The second kappa shape index (κ2) is 5.01. The van der Waals surface area contributed by atoms with Gasteiger partial charge >= 0.3 is 0 Å². The number of hydrogen-bond acceptors (Lipinski definition) is 1. The van der Waals surface area contributed by atoms with E-state index in [2.05, 4.69) is 32.0 Å². The summed E-state index contributed by atoms with van der Waals surface area (Å²) in [6, 6.07) is 6.75. The Kier molecular flexibility index (Phi) is 3.65. The van der Waals surface area contributed by atoms with Gasteiger partial charge in [-0.3, -0.25) is 0 Å². The van der Waals surface area contributed by atoms with Crippen molar-refractivity contribution >= 4 is 0 Å². The molecular formula is C15H22O. The molecule has 1 nitrogen and oxygen atoms in total. The Balaban J connectivity index is 1.98. The first-order chi connectivity index (χ1) is 7.65. The number of rotatable bonds is 2. The van der Waals surface area contributed by atoms with Crippen molar-refractivity contribution in [2.45, 2.75) is 52.1 Å². The van der Waals surface area contributed by atoms with Crippen LogP contribution < -0.4 is 0 Å². The van der Waals surface area contributed by atoms with Gasteiger partial charge in [-0.1, -0.05) is 23.8 Å². The maximum absolute atomic E-state index is 9.48. The number of benzene rings is 1. The van der Waals surface area contributed by atoms with E-state index < -0.39 is 0 Å². The van der Waals surface area contributed by atoms with Crippen molar-refractivity contribution in [2.24, 2.45) is 5.92 Å². The van der Waals surface area contributed by atoms with Crippen molar-refractivity contribution in [3.63, 3.8) is 0 Å². The molecule has 1 aromatic carbocycles. The van der Waals surface area contributed by atoms with Crippen molar-refractivity contribution in [2.75, 3.05) is 0 Å². The molecule has 0 saturated heterocycles. The highest BCUT2D eigenvalue weighted by Crippen LogP contribution is 2.28. The Hall–Kier alpha value is -0.820. The van der Waals surface area contributed by atoms with Crippen LogP contribution in [-0.2, 0) is 6.42 Å². The van der Waals surface area contributed by atoms with Crippen LogP contribution in [0.2, 0.25) is 0 Å². The van der Waals surface area contributed by atoms with E-state index in [1.165, 1.54) is 36.0 Å². The van der Waals surface area contributed by atoms with E-state index in [0.717, 1.165) is 18.8 Å². The van der Waals surface area contributed by atoms with Crippen LogP contribution in [0.5, 0.6) is 0 Å². The Labute approximate surface area is 98.5 Å². The average molecular weight is 218 g/mol. The summed E-state index contributed by atoms with van der Waals surface area (Å²) >= 11 is 0. The van der Waals surface area contributed by atoms with Crippen molar-refractivity contribution < 1.29 is 5.11 Å². The molecule has 1 saturated carbocycles. The summed E-state index contributed by atoms with van der Waals surface area (Å²) in [5.74, 6) is 0.782. The number of hydrogen-bond donors (Lipinski definition) is 1. The molecule has 1 aromatic rings. The highest BCUT2D eigenvalue weighted by atomic mass is 16.3. The predicted octanol–water partition coefficient (Wildman–Crippen LogP) is 3.40. The monoisotopic (exact) mass is 218 g/mol. The van der Waals surface area contributed by atoms with E-state index in [1.54, 1.807) is 0 Å². The lowest BCUT2D eigenvalue weighted by Gasteiger charge is -2.25. The topological polar surface area (TPSA) is 20.2 Å². The molecule has 0 radical (unpaired) electrons. The third kappa shape index (κ3) is 2.85. The molecule has 1 fully saturated rings. The van der Waals surface area contributed by atoms with Gasteiger partial charge in [-0.15, -0.1) is 0 Å². The first kappa shape index (κ1) is 11.7. The first-order valence-corrected chi connectivity index (χ1v) is 6.39. The van der Waals surface area contributed by atoms with Gasteiger partial charge in [0.2, 0.25) is 0 Å². The molecule has 88 valence electrons. The lowest BCUT2D eigenvalue weighted by Crippen LogP contribution is -2.19. The average Bonchev–Trinajstić information content (AvgIpc) is 2.25. The summed E-state index contributed by atoms with van der Waals surface area (Å²) in [6.07, 6.45) is 5.53. The summed E-state index contributed by atoms with van der Waals surface area (Å²) in [6.45, 7) is 4.35. The van der Waals surface area contributed by atoms with Crippen molar-refractivity contribution in [3.05, 3.63) is 34.9 Å². The molecule has 0 aromatic heterocycles. The zero-order chi connectivity index (χ0) is 11.5. The Morgan fingerprint density at radius 3 is 2.44 bits per heavy atom. The van der Waals surface area contributed by atoms with Crippen LogP contribution in [0.1, 0.15) is 42.4 Å². The SMILES string of the molecule is Cc1ccc(CC2CCC(O)CC2)c(C)c1. The molecule has 1 heteroatoms. The largest absolute Gasteiger partial charge is 0.393 e. The fourth-order valence-electron chi connectivity index (χ4n) is 2.73. The Bertz CT molecular complexity index is 348. The predicted molar refractivity (Wildman–Crippen MR) is 67.6 cm³/mol. The van der Waals surface area contributed by atoms with E-state index in [0.29, 0.717) is 0 Å². The second-order valence-corrected chi connectivity index (χ2v) is 5.31. The lowest BCUT2D eigenvalue weighted by atomic mass is 9.82. The van der Waals surface area contributed by atoms with E-state index in [1.807, 2.05) is 0 Å². The molecule has 0 unspecified atom stereocenters. The highest BCUT2D eigenvalue weighted by molar-refractivity contribution is 5.30. The van der Waals surface area contributed by atoms with Crippen LogP contribution in [0.3, 0.4) is 0 Å². The number of aryl methyl sites for hydroxylation is 2. The summed E-state index contributed by atoms with van der Waals surface area (Å²) in [7, 11) is 0. The maximum atomic E-state index is 9.48. The van der Waals surface area contributed by atoms with E-state index in [9.17, 15) is 5.11 Å². The summed E-state index contributed by atoms with van der Waals surface area (Å²) in [5, 5.41) is 9.48. The molecule has 0 spiro atoms. The minimum atomic E-state index is -0.0321. The molecule has 1 N–H and O–H groups in total. The highest BCUT2D eigenvalue weighted by Gasteiger charge is 2.19. The van der Waals surface area contributed by atoms with Crippen LogP contribution in [0.4, 0.5) is 0 Å². The molecule has 1 aliphatic carbocycles. The molecule has 0 bridgehead atoms. The molecular weight excluding hydrogens is 196 g/mol. The zero-order valence-corrected chi connectivity index (χ0v) is 10.4. The quantitative estimate of drug-likeness (QED) is 0.806. The van der Waals surface area contributed by atoms with Crippen LogP contribution in [0.15, 0.2) is 18.2 Å². The molecule has 16 heavy (non-hydrogen) atoms. The van der Waals surface area contributed by atoms with E-state index in [-0.39, 0.29) is 6.10 Å². The maximum Gasteiger partial charge on any atom is 0.0540 e. The summed E-state index contributed by atoms with van der Waals surface area (Å²) in [5.41, 5.74) is 4.26. The number of aliphatic hydroxyl groups excluding tert-OH is 1. The molecule has 0 heterocycles. The third-order valence-corrected chi connectivity index (χ3v) is 3.82. The van der Waals surface area contributed by atoms with Crippen molar-refractivity contribution in [1.82, 2.24) is 0 Å². The van der Waals surface area contributed by atoms with Gasteiger partial charge in [-0.05, 0) is 63.0 Å². The van der Waals surface area contributed by atoms with Gasteiger partial charge < -0.3 is 5.11 Å². The summed E-state index contributed by atoms with van der Waals surface area (Å²) in [4.78, 5) is 0. The molecule has 1 aliphatic rings. The van der Waals surface area contributed by atoms with Crippen LogP contribution in [-0.4, -0.2) is 11.2 Å². The molecule has 0 aliphatic heterocycles. The van der Waals surface area contributed by atoms with Crippen molar-refractivity contribution in [1.29, 1.82) is 0 Å². The molecule has 2 rings (SSSR count). The Morgan fingerprint density at radius 2 is 1.81 bits per heavy atom. The second-order valence-electron chi connectivity index (χ2n) is 5.31. The Morgan fingerprint density at radius 1 is 1.12 bits per heavy atom. The fraction of sp³-hybridized carbons (Fsp3) is 0.600. The number of aliphatic hydroxyl groups is 1. The lowest BCUT2D eigenvalue weighted by molar-refractivity contribution is 0.108. The van der Waals surface area contributed by atoms with Crippen LogP contribution >= 0.6 is 0 Å². The summed E-state index contributed by atoms with van der Waals surface area (Å²) < 4.78 is 0. The zero-order valence-electron chi connectivity index (χ0n) is 10.4. The van der Waals surface area contributed by atoms with E-state index in [4.69, 9.17) is 0 Å². The van der Waals surface area contributed by atoms with Gasteiger partial charge in [-0.25, -0.2) is 0 Å². The third-order valence-electron chi connectivity index (χ3n) is 3.82.